The molecule has 0 aromatic heterocycles. The summed E-state index contributed by atoms with van der Waals surface area (Å²) in [4.78, 5) is 11.5. The minimum Gasteiger partial charge on any atom is -0.506 e. The van der Waals surface area contributed by atoms with Crippen LogP contribution in [0.15, 0.2) is 64.4 Å². The highest BCUT2D eigenvalue weighted by Gasteiger charge is 2.40. The summed E-state index contributed by atoms with van der Waals surface area (Å²) < 4.78 is 24.7. The van der Waals surface area contributed by atoms with Crippen molar-refractivity contribution in [1.82, 2.24) is 0 Å². The van der Waals surface area contributed by atoms with Gasteiger partial charge in [0, 0.05) is 11.3 Å². The zero-order valence-electron chi connectivity index (χ0n) is 10.8. The third-order valence-corrected chi connectivity index (χ3v) is 5.00. The van der Waals surface area contributed by atoms with Gasteiger partial charge in [0.15, 0.2) is 4.91 Å². The number of para-hydroxylation sites is 1. The summed E-state index contributed by atoms with van der Waals surface area (Å²) in [5.41, 5.74) is 0.602. The summed E-state index contributed by atoms with van der Waals surface area (Å²) >= 11 is 0. The van der Waals surface area contributed by atoms with E-state index in [4.69, 9.17) is 0 Å². The van der Waals surface area contributed by atoms with Crippen LogP contribution < -0.4 is 5.32 Å². The van der Waals surface area contributed by atoms with E-state index < -0.39 is 26.4 Å². The van der Waals surface area contributed by atoms with Crippen molar-refractivity contribution in [2.24, 2.45) is 0 Å². The molecule has 5 nitrogen and oxygen atoms in total. The lowest BCUT2D eigenvalue weighted by atomic mass is 10.2. The van der Waals surface area contributed by atoms with Gasteiger partial charge < -0.3 is 10.4 Å². The van der Waals surface area contributed by atoms with Crippen molar-refractivity contribution in [3.8, 4) is 0 Å². The van der Waals surface area contributed by atoms with Crippen LogP contribution in [0.4, 0.5) is 5.69 Å². The molecule has 0 unspecified atom stereocenters. The molecule has 0 radical (unpaired) electrons. The second-order valence-corrected chi connectivity index (χ2v) is 6.35. The van der Waals surface area contributed by atoms with Gasteiger partial charge in [-0.2, -0.15) is 0 Å². The molecule has 0 saturated carbocycles. The largest absolute Gasteiger partial charge is 0.506 e. The van der Waals surface area contributed by atoms with E-state index >= 15 is 0 Å². The molecule has 1 amide bonds. The second kappa shape index (κ2) is 4.75. The molecule has 21 heavy (non-hydrogen) atoms. The number of carbonyl (C=O) groups excluding carboxylic acids is 1. The van der Waals surface area contributed by atoms with Crippen molar-refractivity contribution in [2.45, 2.75) is 4.90 Å². The molecule has 2 aromatic rings. The molecule has 0 fully saturated rings. The number of aliphatic hydroxyl groups is 1. The minimum atomic E-state index is -4.00. The van der Waals surface area contributed by atoms with Gasteiger partial charge in [0.05, 0.1) is 4.90 Å². The van der Waals surface area contributed by atoms with Gasteiger partial charge >= 0.3 is 0 Å². The first-order valence-electron chi connectivity index (χ1n) is 6.16. The van der Waals surface area contributed by atoms with Gasteiger partial charge in [-0.25, -0.2) is 8.42 Å². The summed E-state index contributed by atoms with van der Waals surface area (Å²) in [5, 5.41) is 12.5. The van der Waals surface area contributed by atoms with Gasteiger partial charge in [0.25, 0.3) is 5.91 Å². The lowest BCUT2D eigenvalue weighted by molar-refractivity contribution is -0.112. The first-order valence-corrected chi connectivity index (χ1v) is 7.64. The fraction of sp³-hybridized carbons (Fsp3) is 0. The molecule has 6 heteroatoms. The third-order valence-electron chi connectivity index (χ3n) is 3.15. The zero-order chi connectivity index (χ0) is 15.0. The molecule has 1 aliphatic rings. The summed E-state index contributed by atoms with van der Waals surface area (Å²) in [6.45, 7) is 0. The average Bonchev–Trinajstić information content (AvgIpc) is 2.68. The fourth-order valence-corrected chi connectivity index (χ4v) is 3.79. The van der Waals surface area contributed by atoms with E-state index in [2.05, 4.69) is 5.32 Å². The molecular formula is C15H11NO4S. The Hall–Kier alpha value is -2.60. The van der Waals surface area contributed by atoms with E-state index in [9.17, 15) is 18.3 Å². The predicted molar refractivity (Wildman–Crippen MR) is 78.2 cm³/mol. The molecule has 1 heterocycles. The summed E-state index contributed by atoms with van der Waals surface area (Å²) in [6, 6.07) is 14.4. The maximum atomic E-state index is 12.3. The highest BCUT2D eigenvalue weighted by molar-refractivity contribution is 7.97. The van der Waals surface area contributed by atoms with Gasteiger partial charge in [0.2, 0.25) is 9.84 Å². The number of sulfone groups is 1. The van der Waals surface area contributed by atoms with E-state index in [1.807, 2.05) is 0 Å². The van der Waals surface area contributed by atoms with E-state index in [-0.39, 0.29) is 10.5 Å². The Morgan fingerprint density at radius 3 is 2.24 bits per heavy atom. The predicted octanol–water partition coefficient (Wildman–Crippen LogP) is 2.34. The van der Waals surface area contributed by atoms with Crippen molar-refractivity contribution >= 4 is 27.2 Å². The van der Waals surface area contributed by atoms with Crippen molar-refractivity contribution in [2.75, 3.05) is 5.32 Å². The molecule has 0 saturated heterocycles. The number of hydrogen-bond acceptors (Lipinski definition) is 4. The number of benzene rings is 2. The van der Waals surface area contributed by atoms with Crippen LogP contribution >= 0.6 is 0 Å². The topological polar surface area (TPSA) is 83.5 Å². The van der Waals surface area contributed by atoms with Gasteiger partial charge in [0.1, 0.15) is 5.76 Å². The Bertz CT molecular complexity index is 854. The quantitative estimate of drug-likeness (QED) is 0.891. The molecule has 2 aromatic carbocycles. The number of aliphatic hydroxyl groups excluding tert-OH is 1. The third kappa shape index (κ3) is 2.09. The molecule has 0 bridgehead atoms. The van der Waals surface area contributed by atoms with Gasteiger partial charge in [-0.05, 0) is 24.3 Å². The lowest BCUT2D eigenvalue weighted by Gasteiger charge is -2.06. The summed E-state index contributed by atoms with van der Waals surface area (Å²) in [5.74, 6) is -1.37. The highest BCUT2D eigenvalue weighted by Crippen LogP contribution is 2.37. The number of fused-ring (bicyclic) bond motifs is 1. The molecule has 0 atom stereocenters. The van der Waals surface area contributed by atoms with E-state index in [0.29, 0.717) is 5.69 Å². The van der Waals surface area contributed by atoms with Crippen LogP contribution in [-0.4, -0.2) is 19.4 Å². The monoisotopic (exact) mass is 301 g/mol. The molecule has 0 aliphatic carbocycles. The smallest absolute Gasteiger partial charge is 0.271 e. The van der Waals surface area contributed by atoms with Crippen LogP contribution in [-0.2, 0) is 14.6 Å². The van der Waals surface area contributed by atoms with Crippen molar-refractivity contribution in [3.63, 3.8) is 0 Å². The first-order chi connectivity index (χ1) is 10.0. The summed E-state index contributed by atoms with van der Waals surface area (Å²) in [7, 11) is -4.00. The maximum absolute atomic E-state index is 12.3. The number of amides is 1. The number of nitrogens with one attached hydrogen (secondary N) is 1. The first kappa shape index (κ1) is 13.4. The van der Waals surface area contributed by atoms with Gasteiger partial charge in [-0.1, -0.05) is 30.3 Å². The van der Waals surface area contributed by atoms with E-state index in [1.54, 1.807) is 42.5 Å². The average molecular weight is 301 g/mol. The van der Waals surface area contributed by atoms with Gasteiger partial charge in [-0.15, -0.1) is 0 Å². The van der Waals surface area contributed by atoms with Crippen LogP contribution in [0.2, 0.25) is 0 Å². The Balaban J connectivity index is 2.04. The Morgan fingerprint density at radius 1 is 0.952 bits per heavy atom. The van der Waals surface area contributed by atoms with E-state index in [0.717, 1.165) is 0 Å². The number of carbonyl (C=O) groups is 1. The lowest BCUT2D eigenvalue weighted by Crippen LogP contribution is -2.19. The molecule has 3 rings (SSSR count). The second-order valence-electron chi connectivity index (χ2n) is 4.50. The van der Waals surface area contributed by atoms with Crippen molar-refractivity contribution in [1.29, 1.82) is 0 Å². The van der Waals surface area contributed by atoms with Crippen LogP contribution in [0.5, 0.6) is 0 Å². The molecular weight excluding hydrogens is 290 g/mol. The standard InChI is InChI=1S/C15H11NO4S/c17-13-11-8-4-5-9-12(11)21(19,20)14(13)15(18)16-10-6-2-1-3-7-10/h1-9,17H,(H,16,18). The van der Waals surface area contributed by atoms with E-state index in [1.165, 1.54) is 12.1 Å². The SMILES string of the molecule is O=C(Nc1ccccc1)C1=C(O)c2ccccc2S1(=O)=O. The zero-order valence-corrected chi connectivity index (χ0v) is 11.6. The normalized spacial score (nSPS) is 15.6. The molecule has 0 spiro atoms. The molecule has 106 valence electrons. The Morgan fingerprint density at radius 2 is 1.57 bits per heavy atom. The van der Waals surface area contributed by atoms with Crippen molar-refractivity contribution < 1.29 is 18.3 Å². The van der Waals surface area contributed by atoms with Crippen LogP contribution in [0.3, 0.4) is 0 Å². The van der Waals surface area contributed by atoms with Crippen molar-refractivity contribution in [3.05, 3.63) is 65.1 Å². The van der Waals surface area contributed by atoms with Crippen LogP contribution in [0, 0.1) is 0 Å². The summed E-state index contributed by atoms with van der Waals surface area (Å²) in [6.07, 6.45) is 0. The Labute approximate surface area is 121 Å². The molecule has 2 N–H and O–H groups in total. The number of hydrogen-bond donors (Lipinski definition) is 2. The van der Waals surface area contributed by atoms with Crippen LogP contribution in [0.1, 0.15) is 5.56 Å². The number of anilines is 1. The maximum Gasteiger partial charge on any atom is 0.271 e. The fourth-order valence-electron chi connectivity index (χ4n) is 2.20. The highest BCUT2D eigenvalue weighted by atomic mass is 32.2. The van der Waals surface area contributed by atoms with Crippen LogP contribution in [0.25, 0.3) is 5.76 Å². The minimum absolute atomic E-state index is 0.0549. The Kier molecular flexibility index (Phi) is 3.03. The van der Waals surface area contributed by atoms with Gasteiger partial charge in [-0.3, -0.25) is 4.79 Å². The number of rotatable bonds is 2. The molecule has 1 aliphatic heterocycles.